The minimum Gasteiger partial charge on any atom is -0.228 e. The standard InChI is InChI=1S/C14H21BrO2S/c1-11-5-12(2)7-13(6-11)8-18(16,17)10-14(3,4)9-15/h5-7H,8-10H2,1-4H3. The van der Waals surface area contributed by atoms with Crippen LogP contribution in [0.15, 0.2) is 18.2 Å². The molecule has 0 aliphatic carbocycles. The Morgan fingerprint density at radius 2 is 1.61 bits per heavy atom. The fourth-order valence-corrected chi connectivity index (χ4v) is 4.62. The van der Waals surface area contributed by atoms with E-state index in [1.54, 1.807) is 0 Å². The van der Waals surface area contributed by atoms with E-state index >= 15 is 0 Å². The molecule has 0 radical (unpaired) electrons. The third-order valence-corrected chi connectivity index (χ3v) is 6.15. The molecule has 1 rings (SSSR count). The molecule has 0 saturated carbocycles. The molecular weight excluding hydrogens is 312 g/mol. The summed E-state index contributed by atoms with van der Waals surface area (Å²) >= 11 is 3.37. The van der Waals surface area contributed by atoms with Crippen LogP contribution in [0.3, 0.4) is 0 Å². The van der Waals surface area contributed by atoms with Crippen LogP contribution >= 0.6 is 15.9 Å². The lowest BCUT2D eigenvalue weighted by Crippen LogP contribution is -2.26. The molecule has 0 amide bonds. The normalized spacial score (nSPS) is 12.7. The van der Waals surface area contributed by atoms with Crippen molar-refractivity contribution < 1.29 is 8.42 Å². The maximum Gasteiger partial charge on any atom is 0.155 e. The summed E-state index contributed by atoms with van der Waals surface area (Å²) in [5, 5.41) is 0.687. The first-order chi connectivity index (χ1) is 8.13. The van der Waals surface area contributed by atoms with Gasteiger partial charge >= 0.3 is 0 Å². The Hall–Kier alpha value is -0.350. The lowest BCUT2D eigenvalue weighted by molar-refractivity contribution is 0.474. The molecule has 0 aliphatic heterocycles. The highest BCUT2D eigenvalue weighted by Gasteiger charge is 2.25. The average molecular weight is 333 g/mol. The Morgan fingerprint density at radius 1 is 1.11 bits per heavy atom. The molecule has 0 spiro atoms. The van der Waals surface area contributed by atoms with Crippen molar-refractivity contribution in [3.8, 4) is 0 Å². The monoisotopic (exact) mass is 332 g/mol. The van der Waals surface area contributed by atoms with Crippen LogP contribution in [-0.4, -0.2) is 19.5 Å². The summed E-state index contributed by atoms with van der Waals surface area (Å²) in [6.07, 6.45) is 0. The number of hydrogen-bond donors (Lipinski definition) is 0. The molecule has 4 heteroatoms. The molecule has 1 aromatic rings. The number of alkyl halides is 1. The maximum absolute atomic E-state index is 12.2. The van der Waals surface area contributed by atoms with E-state index in [1.807, 2.05) is 39.8 Å². The van der Waals surface area contributed by atoms with E-state index in [0.717, 1.165) is 16.7 Å². The Balaban J connectivity index is 2.89. The summed E-state index contributed by atoms with van der Waals surface area (Å²) < 4.78 is 24.4. The third-order valence-electron chi connectivity index (χ3n) is 2.64. The molecule has 0 aromatic heterocycles. The van der Waals surface area contributed by atoms with Gasteiger partial charge in [-0.2, -0.15) is 0 Å². The van der Waals surface area contributed by atoms with Crippen LogP contribution in [0, 0.1) is 19.3 Å². The van der Waals surface area contributed by atoms with Crippen LogP contribution in [-0.2, 0) is 15.6 Å². The van der Waals surface area contributed by atoms with E-state index in [0.29, 0.717) is 5.33 Å². The first kappa shape index (κ1) is 15.7. The summed E-state index contributed by atoms with van der Waals surface area (Å²) in [6, 6.07) is 5.95. The predicted octanol–water partition coefficient (Wildman–Crippen LogP) is 3.64. The molecule has 0 unspecified atom stereocenters. The minimum atomic E-state index is -3.07. The van der Waals surface area contributed by atoms with E-state index in [4.69, 9.17) is 0 Å². The van der Waals surface area contributed by atoms with Crippen molar-refractivity contribution in [1.29, 1.82) is 0 Å². The van der Waals surface area contributed by atoms with E-state index in [2.05, 4.69) is 22.0 Å². The molecule has 2 nitrogen and oxygen atoms in total. The third kappa shape index (κ3) is 5.11. The Kier molecular flexibility index (Phi) is 5.01. The Bertz CT molecular complexity index is 498. The summed E-state index contributed by atoms with van der Waals surface area (Å²) in [4.78, 5) is 0. The number of rotatable bonds is 5. The van der Waals surface area contributed by atoms with Crippen LogP contribution < -0.4 is 0 Å². The number of benzene rings is 1. The summed E-state index contributed by atoms with van der Waals surface area (Å²) in [5.41, 5.74) is 2.88. The molecule has 0 heterocycles. The largest absolute Gasteiger partial charge is 0.228 e. The second-order valence-corrected chi connectivity index (χ2v) is 8.45. The van der Waals surface area contributed by atoms with Gasteiger partial charge in [0.2, 0.25) is 0 Å². The molecular formula is C14H21BrO2S. The van der Waals surface area contributed by atoms with Gasteiger partial charge in [-0.15, -0.1) is 0 Å². The number of aryl methyl sites for hydroxylation is 2. The van der Waals surface area contributed by atoms with Gasteiger partial charge in [0.15, 0.2) is 9.84 Å². The van der Waals surface area contributed by atoms with Crippen molar-refractivity contribution in [3.05, 3.63) is 34.9 Å². The van der Waals surface area contributed by atoms with Crippen LogP contribution in [0.2, 0.25) is 0 Å². The molecule has 0 bridgehead atoms. The average Bonchev–Trinajstić information content (AvgIpc) is 2.12. The van der Waals surface area contributed by atoms with Crippen LogP contribution in [0.4, 0.5) is 0 Å². The number of halogens is 1. The van der Waals surface area contributed by atoms with Gasteiger partial charge < -0.3 is 0 Å². The van der Waals surface area contributed by atoms with Crippen LogP contribution in [0.5, 0.6) is 0 Å². The van der Waals surface area contributed by atoms with Gasteiger partial charge in [0.25, 0.3) is 0 Å². The predicted molar refractivity (Wildman–Crippen MR) is 81.0 cm³/mol. The lowest BCUT2D eigenvalue weighted by atomic mass is 10.0. The van der Waals surface area contributed by atoms with Gasteiger partial charge in [-0.3, -0.25) is 0 Å². The van der Waals surface area contributed by atoms with Crippen molar-refractivity contribution in [2.24, 2.45) is 5.41 Å². The second kappa shape index (κ2) is 5.74. The zero-order valence-corrected chi connectivity index (χ0v) is 13.9. The van der Waals surface area contributed by atoms with E-state index < -0.39 is 9.84 Å². The van der Waals surface area contributed by atoms with Crippen molar-refractivity contribution in [2.45, 2.75) is 33.4 Å². The Labute approximate surface area is 119 Å². The quantitative estimate of drug-likeness (QED) is 0.771. The van der Waals surface area contributed by atoms with E-state index in [9.17, 15) is 8.42 Å². The highest BCUT2D eigenvalue weighted by molar-refractivity contribution is 9.09. The first-order valence-corrected chi connectivity index (χ1v) is 8.91. The van der Waals surface area contributed by atoms with Gasteiger partial charge in [-0.1, -0.05) is 59.1 Å². The minimum absolute atomic E-state index is 0.131. The van der Waals surface area contributed by atoms with Gasteiger partial charge in [-0.25, -0.2) is 8.42 Å². The molecule has 0 aliphatic rings. The van der Waals surface area contributed by atoms with Crippen LogP contribution in [0.1, 0.15) is 30.5 Å². The lowest BCUT2D eigenvalue weighted by Gasteiger charge is -2.21. The van der Waals surface area contributed by atoms with Gasteiger partial charge in [0.1, 0.15) is 0 Å². The highest BCUT2D eigenvalue weighted by atomic mass is 79.9. The zero-order chi connectivity index (χ0) is 14.0. The molecule has 0 N–H and O–H groups in total. The highest BCUT2D eigenvalue weighted by Crippen LogP contribution is 2.23. The van der Waals surface area contributed by atoms with E-state index in [1.165, 1.54) is 0 Å². The van der Waals surface area contributed by atoms with Gasteiger partial charge in [0, 0.05) is 5.33 Å². The number of hydrogen-bond acceptors (Lipinski definition) is 2. The second-order valence-electron chi connectivity index (χ2n) is 5.83. The molecule has 1 aromatic carbocycles. The van der Waals surface area contributed by atoms with Crippen molar-refractivity contribution in [1.82, 2.24) is 0 Å². The fraction of sp³-hybridized carbons (Fsp3) is 0.571. The maximum atomic E-state index is 12.2. The molecule has 18 heavy (non-hydrogen) atoms. The number of sulfone groups is 1. The topological polar surface area (TPSA) is 34.1 Å². The molecule has 0 atom stereocenters. The first-order valence-electron chi connectivity index (χ1n) is 5.97. The zero-order valence-electron chi connectivity index (χ0n) is 11.5. The van der Waals surface area contributed by atoms with E-state index in [-0.39, 0.29) is 16.9 Å². The summed E-state index contributed by atoms with van der Waals surface area (Å²) in [7, 11) is -3.07. The molecule has 0 fully saturated rings. The molecule has 0 saturated heterocycles. The van der Waals surface area contributed by atoms with Gasteiger partial charge in [0.05, 0.1) is 11.5 Å². The SMILES string of the molecule is Cc1cc(C)cc(CS(=O)(=O)CC(C)(C)CBr)c1. The van der Waals surface area contributed by atoms with Crippen molar-refractivity contribution in [3.63, 3.8) is 0 Å². The fourth-order valence-electron chi connectivity index (χ4n) is 2.09. The molecule has 102 valence electrons. The Morgan fingerprint density at radius 3 is 2.06 bits per heavy atom. The van der Waals surface area contributed by atoms with Crippen molar-refractivity contribution >= 4 is 25.8 Å². The van der Waals surface area contributed by atoms with Gasteiger partial charge in [-0.05, 0) is 24.8 Å². The summed E-state index contributed by atoms with van der Waals surface area (Å²) in [5.74, 6) is 0.337. The van der Waals surface area contributed by atoms with Crippen molar-refractivity contribution in [2.75, 3.05) is 11.1 Å². The summed E-state index contributed by atoms with van der Waals surface area (Å²) in [6.45, 7) is 7.90. The smallest absolute Gasteiger partial charge is 0.155 e. The van der Waals surface area contributed by atoms with Crippen LogP contribution in [0.25, 0.3) is 0 Å².